The van der Waals surface area contributed by atoms with E-state index < -0.39 is 0 Å². The maximum absolute atomic E-state index is 11.0. The van der Waals surface area contributed by atoms with Crippen LogP contribution in [0.3, 0.4) is 0 Å². The number of allylic oxidation sites excluding steroid dienone is 1. The highest BCUT2D eigenvalue weighted by Gasteiger charge is 2.19. The fraction of sp³-hybridized carbons (Fsp3) is 0.769. The Morgan fingerprint density at radius 3 is 3.00 bits per heavy atom. The molecule has 0 amide bonds. The lowest BCUT2D eigenvalue weighted by atomic mass is 10.1. The van der Waals surface area contributed by atoms with Crippen LogP contribution < -0.4 is 0 Å². The molecule has 0 bridgehead atoms. The van der Waals surface area contributed by atoms with E-state index >= 15 is 0 Å². The molecule has 0 radical (unpaired) electrons. The first-order valence-corrected chi connectivity index (χ1v) is 6.08. The number of hydrogen-bond donors (Lipinski definition) is 1. The lowest BCUT2D eigenvalue weighted by Crippen LogP contribution is -2.04. The lowest BCUT2D eigenvalue weighted by molar-refractivity contribution is -0.117. The van der Waals surface area contributed by atoms with Gasteiger partial charge in [0.15, 0.2) is 0 Å². The Bertz CT molecular complexity index is 221. The van der Waals surface area contributed by atoms with E-state index in [0.717, 1.165) is 38.5 Å². The summed E-state index contributed by atoms with van der Waals surface area (Å²) in [4.78, 5) is 11.0. The van der Waals surface area contributed by atoms with Gasteiger partial charge in [-0.25, -0.2) is 0 Å². The normalized spacial score (nSPS) is 23.9. The smallest absolute Gasteiger partial charge is 0.133 e. The third-order valence-corrected chi connectivity index (χ3v) is 2.99. The van der Waals surface area contributed by atoms with Crippen molar-refractivity contribution in [1.82, 2.24) is 0 Å². The van der Waals surface area contributed by atoms with Gasteiger partial charge < -0.3 is 5.11 Å². The van der Waals surface area contributed by atoms with E-state index in [2.05, 4.69) is 13.0 Å². The lowest BCUT2D eigenvalue weighted by Gasteiger charge is -2.06. The third-order valence-electron chi connectivity index (χ3n) is 2.99. The van der Waals surface area contributed by atoms with Gasteiger partial charge in [-0.05, 0) is 25.2 Å². The number of unbranched alkanes of at least 4 members (excludes halogenated alkanes) is 1. The highest BCUT2D eigenvalue weighted by molar-refractivity contribution is 5.80. The Labute approximate surface area is 92.4 Å². The molecule has 1 saturated carbocycles. The van der Waals surface area contributed by atoms with Gasteiger partial charge >= 0.3 is 0 Å². The highest BCUT2D eigenvalue weighted by atomic mass is 16.3. The van der Waals surface area contributed by atoms with Crippen LogP contribution >= 0.6 is 0 Å². The molecule has 2 heteroatoms. The van der Waals surface area contributed by atoms with E-state index in [1.54, 1.807) is 0 Å². The summed E-state index contributed by atoms with van der Waals surface area (Å²) in [6, 6.07) is 0. The summed E-state index contributed by atoms with van der Waals surface area (Å²) in [7, 11) is 0. The zero-order valence-electron chi connectivity index (χ0n) is 9.61. The van der Waals surface area contributed by atoms with Crippen molar-refractivity contribution in [2.24, 2.45) is 5.92 Å². The van der Waals surface area contributed by atoms with Gasteiger partial charge in [-0.2, -0.15) is 0 Å². The van der Waals surface area contributed by atoms with Crippen molar-refractivity contribution in [1.29, 1.82) is 0 Å². The number of carbonyl (C=O) groups excluding carboxylic acids is 1. The summed E-state index contributed by atoms with van der Waals surface area (Å²) >= 11 is 0. The van der Waals surface area contributed by atoms with Gasteiger partial charge in [-0.15, -0.1) is 0 Å². The zero-order chi connectivity index (χ0) is 11.1. The summed E-state index contributed by atoms with van der Waals surface area (Å²) in [5.41, 5.74) is 0. The molecule has 1 fully saturated rings. The second-order valence-electron chi connectivity index (χ2n) is 4.50. The molecule has 1 aliphatic carbocycles. The Morgan fingerprint density at radius 1 is 1.60 bits per heavy atom. The average Bonchev–Trinajstić information content (AvgIpc) is 2.61. The fourth-order valence-electron chi connectivity index (χ4n) is 1.99. The second kappa shape index (κ2) is 6.78. The number of ketones is 1. The molecular formula is C13H22O2. The number of carbonyl (C=O) groups is 1. The van der Waals surface area contributed by atoms with Crippen LogP contribution in [0.5, 0.6) is 0 Å². The standard InChI is InChI=1S/C13H22O2/c1-2-3-6-12(14)7-4-5-11-8-9-13(15)10-11/h4-5,11-12,14H,2-3,6-10H2,1H3/b5-4+. The molecule has 2 nitrogen and oxygen atoms in total. The van der Waals surface area contributed by atoms with E-state index in [1.165, 1.54) is 0 Å². The summed E-state index contributed by atoms with van der Waals surface area (Å²) in [6.45, 7) is 2.13. The highest BCUT2D eigenvalue weighted by Crippen LogP contribution is 2.23. The minimum Gasteiger partial charge on any atom is -0.393 e. The Hall–Kier alpha value is -0.630. The summed E-state index contributed by atoms with van der Waals surface area (Å²) in [5, 5.41) is 9.59. The van der Waals surface area contributed by atoms with Gasteiger partial charge in [0, 0.05) is 12.8 Å². The van der Waals surface area contributed by atoms with Gasteiger partial charge in [0.05, 0.1) is 6.10 Å². The van der Waals surface area contributed by atoms with Crippen molar-refractivity contribution in [2.45, 2.75) is 58.0 Å². The van der Waals surface area contributed by atoms with Crippen LogP contribution in [-0.2, 0) is 4.79 Å². The van der Waals surface area contributed by atoms with Gasteiger partial charge in [-0.3, -0.25) is 4.79 Å². The van der Waals surface area contributed by atoms with Crippen LogP contribution in [-0.4, -0.2) is 17.0 Å². The molecule has 0 aromatic heterocycles. The zero-order valence-corrected chi connectivity index (χ0v) is 9.61. The van der Waals surface area contributed by atoms with Crippen LogP contribution in [0.4, 0.5) is 0 Å². The molecule has 2 unspecified atom stereocenters. The molecule has 2 atom stereocenters. The van der Waals surface area contributed by atoms with Crippen molar-refractivity contribution in [3.63, 3.8) is 0 Å². The summed E-state index contributed by atoms with van der Waals surface area (Å²) < 4.78 is 0. The Morgan fingerprint density at radius 2 is 2.40 bits per heavy atom. The number of hydrogen-bond acceptors (Lipinski definition) is 2. The van der Waals surface area contributed by atoms with Gasteiger partial charge in [-0.1, -0.05) is 31.9 Å². The van der Waals surface area contributed by atoms with Crippen molar-refractivity contribution in [3.05, 3.63) is 12.2 Å². The van der Waals surface area contributed by atoms with Crippen molar-refractivity contribution in [2.75, 3.05) is 0 Å². The minimum atomic E-state index is -0.196. The van der Waals surface area contributed by atoms with Gasteiger partial charge in [0.1, 0.15) is 5.78 Å². The molecule has 0 aromatic rings. The predicted octanol–water partition coefficient (Wildman–Crippen LogP) is 2.85. The molecule has 0 aromatic carbocycles. The fourth-order valence-corrected chi connectivity index (χ4v) is 1.99. The molecule has 0 spiro atoms. The monoisotopic (exact) mass is 210 g/mol. The molecule has 1 aliphatic rings. The maximum Gasteiger partial charge on any atom is 0.133 e. The van der Waals surface area contributed by atoms with E-state index in [-0.39, 0.29) is 6.10 Å². The summed E-state index contributed by atoms with van der Waals surface area (Å²) in [5.74, 6) is 0.826. The molecule has 0 aliphatic heterocycles. The molecule has 1 N–H and O–H groups in total. The number of Topliss-reactive ketones (excluding diaryl/α,β-unsaturated/α-hetero) is 1. The first kappa shape index (κ1) is 12.4. The van der Waals surface area contributed by atoms with Gasteiger partial charge in [0.2, 0.25) is 0 Å². The summed E-state index contributed by atoms with van der Waals surface area (Å²) in [6.07, 6.45) is 10.3. The largest absolute Gasteiger partial charge is 0.393 e. The number of aliphatic hydroxyl groups excluding tert-OH is 1. The maximum atomic E-state index is 11.0. The SMILES string of the molecule is CCCCC(O)C/C=C/C1CCC(=O)C1. The quantitative estimate of drug-likeness (QED) is 0.684. The number of rotatable bonds is 6. The molecule has 15 heavy (non-hydrogen) atoms. The average molecular weight is 210 g/mol. The topological polar surface area (TPSA) is 37.3 Å². The minimum absolute atomic E-state index is 0.196. The first-order chi connectivity index (χ1) is 7.22. The molecule has 0 heterocycles. The van der Waals surface area contributed by atoms with Crippen molar-refractivity contribution >= 4 is 5.78 Å². The van der Waals surface area contributed by atoms with Gasteiger partial charge in [0.25, 0.3) is 0 Å². The number of aliphatic hydroxyl groups is 1. The van der Waals surface area contributed by atoms with E-state index in [4.69, 9.17) is 0 Å². The Kier molecular flexibility index (Phi) is 5.62. The van der Waals surface area contributed by atoms with E-state index in [1.807, 2.05) is 6.08 Å². The van der Waals surface area contributed by atoms with Crippen LogP contribution in [0, 0.1) is 5.92 Å². The van der Waals surface area contributed by atoms with E-state index in [9.17, 15) is 9.90 Å². The molecule has 86 valence electrons. The molecular weight excluding hydrogens is 188 g/mol. The second-order valence-corrected chi connectivity index (χ2v) is 4.50. The predicted molar refractivity (Wildman–Crippen MR) is 61.6 cm³/mol. The van der Waals surface area contributed by atoms with Crippen LogP contribution in [0.1, 0.15) is 51.9 Å². The van der Waals surface area contributed by atoms with Crippen molar-refractivity contribution in [3.8, 4) is 0 Å². The Balaban J connectivity index is 2.12. The van der Waals surface area contributed by atoms with E-state index in [0.29, 0.717) is 18.1 Å². The molecule has 1 rings (SSSR count). The third kappa shape index (κ3) is 5.12. The van der Waals surface area contributed by atoms with Crippen molar-refractivity contribution < 1.29 is 9.90 Å². The van der Waals surface area contributed by atoms with Crippen LogP contribution in [0.2, 0.25) is 0 Å². The first-order valence-electron chi connectivity index (χ1n) is 6.08. The van der Waals surface area contributed by atoms with Crippen LogP contribution in [0.15, 0.2) is 12.2 Å². The molecule has 0 saturated heterocycles. The van der Waals surface area contributed by atoms with Crippen LogP contribution in [0.25, 0.3) is 0 Å².